The molecule has 0 radical (unpaired) electrons. The third-order valence-electron chi connectivity index (χ3n) is 2.36. The van der Waals surface area contributed by atoms with Crippen LogP contribution in [0.5, 0.6) is 0 Å². The van der Waals surface area contributed by atoms with Gasteiger partial charge in [0.2, 0.25) is 10.0 Å². The minimum atomic E-state index is -3.83. The van der Waals surface area contributed by atoms with Crippen LogP contribution in [0.15, 0.2) is 18.2 Å². The van der Waals surface area contributed by atoms with Gasteiger partial charge in [0, 0.05) is 3.57 Å². The molecule has 0 aromatic heterocycles. The lowest BCUT2D eigenvalue weighted by Gasteiger charge is -2.10. The lowest BCUT2D eigenvalue weighted by atomic mass is 10.2. The summed E-state index contributed by atoms with van der Waals surface area (Å²) in [4.78, 5) is 22.3. The lowest BCUT2D eigenvalue weighted by molar-refractivity contribution is -0.142. The summed E-state index contributed by atoms with van der Waals surface area (Å²) in [6, 6.07) is 4.30. The van der Waals surface area contributed by atoms with E-state index in [9.17, 15) is 18.0 Å². The minimum absolute atomic E-state index is 0.0354. The van der Waals surface area contributed by atoms with Gasteiger partial charge in [-0.05, 0) is 47.7 Å². The van der Waals surface area contributed by atoms with E-state index in [4.69, 9.17) is 5.11 Å². The molecule has 1 aromatic rings. The third-order valence-corrected chi connectivity index (χ3v) is 4.30. The number of carboxylic acids is 1. The summed E-state index contributed by atoms with van der Waals surface area (Å²) in [6.07, 6.45) is -0.296. The van der Waals surface area contributed by atoms with Crippen LogP contribution in [-0.2, 0) is 19.6 Å². The normalized spacial score (nSPS) is 11.0. The molecule has 7 nitrogen and oxygen atoms in total. The molecule has 0 unspecified atom stereocenters. The Kier molecular flexibility index (Phi) is 6.40. The number of hydrogen-bond acceptors (Lipinski definition) is 5. The second-order valence-electron chi connectivity index (χ2n) is 3.97. The molecule has 0 amide bonds. The maximum atomic E-state index is 11.9. The van der Waals surface area contributed by atoms with Crippen molar-refractivity contribution < 1.29 is 27.9 Å². The summed E-state index contributed by atoms with van der Waals surface area (Å²) in [5, 5.41) is 9.06. The molecular weight excluding hydrogens is 413 g/mol. The lowest BCUT2D eigenvalue weighted by Crippen LogP contribution is -2.21. The molecule has 0 saturated heterocycles. The Hall–Kier alpha value is -1.36. The molecule has 0 heterocycles. The number of rotatable bonds is 7. The Balaban J connectivity index is 2.85. The van der Waals surface area contributed by atoms with Crippen molar-refractivity contribution in [3.8, 4) is 0 Å². The van der Waals surface area contributed by atoms with Gasteiger partial charge in [-0.15, -0.1) is 0 Å². The summed E-state index contributed by atoms with van der Waals surface area (Å²) < 4.78 is 31.2. The maximum absolute atomic E-state index is 11.9. The molecule has 0 fully saturated rings. The largest absolute Gasteiger partial charge is 0.478 e. The number of halogens is 1. The molecule has 1 aromatic carbocycles. The van der Waals surface area contributed by atoms with Crippen LogP contribution in [0.3, 0.4) is 0 Å². The van der Waals surface area contributed by atoms with Gasteiger partial charge in [0.1, 0.15) is 0 Å². The molecule has 9 heteroatoms. The van der Waals surface area contributed by atoms with Crippen molar-refractivity contribution >= 4 is 50.2 Å². The van der Waals surface area contributed by atoms with Gasteiger partial charge in [0.25, 0.3) is 0 Å². The van der Waals surface area contributed by atoms with Gasteiger partial charge in [-0.1, -0.05) is 0 Å². The van der Waals surface area contributed by atoms with E-state index in [2.05, 4.69) is 9.46 Å². The molecule has 0 aliphatic heterocycles. The summed E-state index contributed by atoms with van der Waals surface area (Å²) >= 11 is 1.93. The number of hydrogen-bond donors (Lipinski definition) is 2. The van der Waals surface area contributed by atoms with E-state index in [1.54, 1.807) is 13.0 Å². The topological polar surface area (TPSA) is 110 Å². The number of esters is 1. The highest BCUT2D eigenvalue weighted by Crippen LogP contribution is 2.20. The van der Waals surface area contributed by atoms with Gasteiger partial charge in [-0.2, -0.15) is 0 Å². The number of carbonyl (C=O) groups excluding carboxylic acids is 1. The second-order valence-corrected chi connectivity index (χ2v) is 7.06. The zero-order chi connectivity index (χ0) is 16.0. The quantitative estimate of drug-likeness (QED) is 0.506. The fourth-order valence-electron chi connectivity index (χ4n) is 1.45. The molecule has 0 atom stereocenters. The number of nitrogens with one attached hydrogen (secondary N) is 1. The molecule has 116 valence electrons. The Morgan fingerprint density at radius 3 is 2.62 bits per heavy atom. The average Bonchev–Trinajstić information content (AvgIpc) is 2.38. The first-order valence-corrected chi connectivity index (χ1v) is 8.67. The molecule has 0 aliphatic carbocycles. The smallest absolute Gasteiger partial charge is 0.337 e. The van der Waals surface area contributed by atoms with Gasteiger partial charge in [0.05, 0.1) is 30.0 Å². The zero-order valence-electron chi connectivity index (χ0n) is 11.1. The number of benzene rings is 1. The van der Waals surface area contributed by atoms with Crippen molar-refractivity contribution in [3.05, 3.63) is 27.3 Å². The average molecular weight is 427 g/mol. The monoisotopic (exact) mass is 427 g/mol. The Bertz CT molecular complexity index is 643. The fraction of sp³-hybridized carbons (Fsp3) is 0.333. The third kappa shape index (κ3) is 5.87. The predicted molar refractivity (Wildman–Crippen MR) is 84.8 cm³/mol. The van der Waals surface area contributed by atoms with Crippen LogP contribution < -0.4 is 4.72 Å². The van der Waals surface area contributed by atoms with Crippen molar-refractivity contribution in [2.75, 3.05) is 17.1 Å². The minimum Gasteiger partial charge on any atom is -0.478 e. The predicted octanol–water partition coefficient (Wildman–Crippen LogP) is 1.68. The number of ether oxygens (including phenoxy) is 1. The van der Waals surface area contributed by atoms with Crippen molar-refractivity contribution in [2.24, 2.45) is 0 Å². The summed E-state index contributed by atoms with van der Waals surface area (Å²) in [6.45, 7) is 1.79. The highest BCUT2D eigenvalue weighted by Gasteiger charge is 2.18. The first-order chi connectivity index (χ1) is 9.75. The van der Waals surface area contributed by atoms with Crippen molar-refractivity contribution in [2.45, 2.75) is 13.3 Å². The first kappa shape index (κ1) is 17.7. The van der Waals surface area contributed by atoms with Crippen molar-refractivity contribution in [1.82, 2.24) is 0 Å². The van der Waals surface area contributed by atoms with E-state index >= 15 is 0 Å². The highest BCUT2D eigenvalue weighted by molar-refractivity contribution is 14.1. The van der Waals surface area contributed by atoms with E-state index in [0.29, 0.717) is 3.57 Å². The van der Waals surface area contributed by atoms with E-state index in [0.717, 1.165) is 0 Å². The van der Waals surface area contributed by atoms with Gasteiger partial charge < -0.3 is 9.84 Å². The molecule has 21 heavy (non-hydrogen) atoms. The van der Waals surface area contributed by atoms with Gasteiger partial charge in [-0.3, -0.25) is 9.52 Å². The molecule has 0 bridgehead atoms. The molecule has 0 aliphatic rings. The van der Waals surface area contributed by atoms with Crippen LogP contribution in [-0.4, -0.2) is 37.8 Å². The van der Waals surface area contributed by atoms with Crippen molar-refractivity contribution in [1.29, 1.82) is 0 Å². The van der Waals surface area contributed by atoms with Crippen LogP contribution in [0.1, 0.15) is 23.7 Å². The van der Waals surface area contributed by atoms with Gasteiger partial charge in [-0.25, -0.2) is 13.2 Å². The highest BCUT2D eigenvalue weighted by atomic mass is 127. The fourth-order valence-corrected chi connectivity index (χ4v) is 2.99. The van der Waals surface area contributed by atoms with Crippen LogP contribution in [0.25, 0.3) is 0 Å². The number of anilines is 1. The first-order valence-electron chi connectivity index (χ1n) is 5.94. The summed E-state index contributed by atoms with van der Waals surface area (Å²) in [5.74, 6) is -2.34. The van der Waals surface area contributed by atoms with Crippen LogP contribution in [0.2, 0.25) is 0 Å². The Morgan fingerprint density at radius 2 is 2.05 bits per heavy atom. The van der Waals surface area contributed by atoms with Gasteiger partial charge in [0.15, 0.2) is 0 Å². The second kappa shape index (κ2) is 7.59. The number of sulfonamides is 1. The van der Waals surface area contributed by atoms with E-state index in [1.165, 1.54) is 12.1 Å². The van der Waals surface area contributed by atoms with Crippen LogP contribution >= 0.6 is 22.6 Å². The van der Waals surface area contributed by atoms with Crippen LogP contribution in [0, 0.1) is 3.57 Å². The number of carboxylic acid groups (broad SMARTS) is 1. The van der Waals surface area contributed by atoms with E-state index in [1.807, 2.05) is 22.6 Å². The summed E-state index contributed by atoms with van der Waals surface area (Å²) in [5.41, 5.74) is -0.187. The summed E-state index contributed by atoms with van der Waals surface area (Å²) in [7, 11) is -3.83. The zero-order valence-corrected chi connectivity index (χ0v) is 14.1. The Morgan fingerprint density at radius 1 is 1.38 bits per heavy atom. The van der Waals surface area contributed by atoms with Crippen molar-refractivity contribution in [3.63, 3.8) is 0 Å². The van der Waals surface area contributed by atoms with E-state index in [-0.39, 0.29) is 24.3 Å². The number of aromatic carboxylic acids is 1. The maximum Gasteiger partial charge on any atom is 0.337 e. The molecule has 2 N–H and O–H groups in total. The standard InChI is InChI=1S/C12H14INO6S/c1-2-20-11(15)5-6-21(18,19)14-10-4-3-8(13)7-9(10)12(16)17/h3-4,7,14H,2,5-6H2,1H3,(H,16,17). The van der Waals surface area contributed by atoms with Crippen LogP contribution in [0.4, 0.5) is 5.69 Å². The molecule has 0 saturated carbocycles. The number of carbonyl (C=O) groups is 2. The SMILES string of the molecule is CCOC(=O)CCS(=O)(=O)Nc1ccc(I)cc1C(=O)O. The molecule has 1 rings (SSSR count). The molecule has 0 spiro atoms. The molecular formula is C12H14INO6S. The van der Waals surface area contributed by atoms with E-state index < -0.39 is 27.7 Å². The Labute approximate surface area is 135 Å². The van der Waals surface area contributed by atoms with Gasteiger partial charge >= 0.3 is 11.9 Å².